The number of nitrogens with one attached hydrogen (secondary N) is 2. The molecule has 2 rings (SSSR count). The fourth-order valence-electron chi connectivity index (χ4n) is 1.72. The van der Waals surface area contributed by atoms with Gasteiger partial charge < -0.3 is 10.1 Å². The molecular weight excluding hydrogens is 242 g/mol. The minimum Gasteiger partial charge on any atom is -0.483 e. The van der Waals surface area contributed by atoms with E-state index in [1.54, 1.807) is 6.20 Å². The van der Waals surface area contributed by atoms with Gasteiger partial charge in [0.25, 0.3) is 5.91 Å². The Balaban J connectivity index is 1.90. The smallest absolute Gasteiger partial charge is 0.263 e. The molecule has 1 aromatic carbocycles. The summed E-state index contributed by atoms with van der Waals surface area (Å²) in [4.78, 5) is 11.8. The van der Waals surface area contributed by atoms with Gasteiger partial charge in [0.05, 0.1) is 6.20 Å². The number of aromatic nitrogens is 2. The molecule has 2 aromatic rings. The number of nitrogens with zero attached hydrogens (tertiary/aromatic N) is 1. The maximum Gasteiger partial charge on any atom is 0.263 e. The quantitative estimate of drug-likeness (QED) is 0.865. The number of ether oxygens (including phenoxy) is 1. The highest BCUT2D eigenvalue weighted by atomic mass is 16.5. The van der Waals surface area contributed by atoms with Crippen molar-refractivity contribution in [3.63, 3.8) is 0 Å². The summed E-state index contributed by atoms with van der Waals surface area (Å²) in [6.07, 6.45) is 2.52. The summed E-state index contributed by atoms with van der Waals surface area (Å²) < 4.78 is 5.47. The number of amides is 1. The standard InChI is InChI=1S/C14H17N3O2/c1-3-11-8-15-17-14(11)16-13(18)9-19-12-7-5-4-6-10(12)2/h4-8H,3,9H2,1-2H3,(H2,15,16,17,18). The largest absolute Gasteiger partial charge is 0.483 e. The molecule has 0 saturated carbocycles. The number of benzene rings is 1. The van der Waals surface area contributed by atoms with Gasteiger partial charge >= 0.3 is 0 Å². The molecule has 0 aliphatic heterocycles. The van der Waals surface area contributed by atoms with Crippen molar-refractivity contribution in [2.24, 2.45) is 0 Å². The summed E-state index contributed by atoms with van der Waals surface area (Å²) in [5.41, 5.74) is 1.98. The van der Waals surface area contributed by atoms with E-state index in [2.05, 4.69) is 15.5 Å². The van der Waals surface area contributed by atoms with E-state index in [1.165, 1.54) is 0 Å². The van der Waals surface area contributed by atoms with E-state index >= 15 is 0 Å². The van der Waals surface area contributed by atoms with Crippen LogP contribution >= 0.6 is 0 Å². The summed E-state index contributed by atoms with van der Waals surface area (Å²) in [7, 11) is 0. The topological polar surface area (TPSA) is 67.0 Å². The molecule has 0 spiro atoms. The van der Waals surface area contributed by atoms with Crippen LogP contribution in [0.15, 0.2) is 30.5 Å². The number of carbonyl (C=O) groups excluding carboxylic acids is 1. The molecule has 19 heavy (non-hydrogen) atoms. The number of para-hydroxylation sites is 1. The van der Waals surface area contributed by atoms with Crippen molar-refractivity contribution < 1.29 is 9.53 Å². The number of aryl methyl sites for hydroxylation is 2. The molecule has 0 unspecified atom stereocenters. The zero-order chi connectivity index (χ0) is 13.7. The van der Waals surface area contributed by atoms with Gasteiger partial charge in [0.1, 0.15) is 11.6 Å². The molecule has 5 nitrogen and oxygen atoms in total. The monoisotopic (exact) mass is 259 g/mol. The van der Waals surface area contributed by atoms with E-state index in [1.807, 2.05) is 38.1 Å². The summed E-state index contributed by atoms with van der Waals surface area (Å²) >= 11 is 0. The minimum absolute atomic E-state index is 0.0208. The highest BCUT2D eigenvalue weighted by Crippen LogP contribution is 2.16. The van der Waals surface area contributed by atoms with E-state index in [4.69, 9.17) is 4.74 Å². The van der Waals surface area contributed by atoms with Crippen LogP contribution in [-0.2, 0) is 11.2 Å². The highest BCUT2D eigenvalue weighted by molar-refractivity contribution is 5.91. The molecule has 1 heterocycles. The number of hydrogen-bond donors (Lipinski definition) is 2. The first-order valence-corrected chi connectivity index (χ1v) is 6.21. The SMILES string of the molecule is CCc1cn[nH]c1NC(=O)COc1ccccc1C. The Morgan fingerprint density at radius 3 is 2.95 bits per heavy atom. The maximum absolute atomic E-state index is 11.8. The van der Waals surface area contributed by atoms with Gasteiger partial charge in [-0.3, -0.25) is 9.89 Å². The van der Waals surface area contributed by atoms with Crippen molar-refractivity contribution in [1.29, 1.82) is 0 Å². The molecule has 0 saturated heterocycles. The van der Waals surface area contributed by atoms with Gasteiger partial charge in [-0.15, -0.1) is 0 Å². The van der Waals surface area contributed by atoms with Gasteiger partial charge in [0.2, 0.25) is 0 Å². The van der Waals surface area contributed by atoms with E-state index in [-0.39, 0.29) is 12.5 Å². The highest BCUT2D eigenvalue weighted by Gasteiger charge is 2.09. The third-order valence-corrected chi connectivity index (χ3v) is 2.82. The lowest BCUT2D eigenvalue weighted by molar-refractivity contribution is -0.118. The number of H-pyrrole nitrogens is 1. The van der Waals surface area contributed by atoms with Gasteiger partial charge in [-0.05, 0) is 25.0 Å². The van der Waals surface area contributed by atoms with E-state index < -0.39 is 0 Å². The summed E-state index contributed by atoms with van der Waals surface area (Å²) in [5, 5.41) is 9.41. The van der Waals surface area contributed by atoms with Crippen LogP contribution in [0.1, 0.15) is 18.1 Å². The van der Waals surface area contributed by atoms with Crippen molar-refractivity contribution in [1.82, 2.24) is 10.2 Å². The Labute approximate surface area is 112 Å². The second-order valence-corrected chi connectivity index (χ2v) is 4.23. The lowest BCUT2D eigenvalue weighted by Gasteiger charge is -2.09. The average Bonchev–Trinajstić information content (AvgIpc) is 2.85. The van der Waals surface area contributed by atoms with Gasteiger partial charge in [-0.1, -0.05) is 25.1 Å². The summed E-state index contributed by atoms with van der Waals surface area (Å²) in [6.45, 7) is 3.93. The van der Waals surface area contributed by atoms with Crippen molar-refractivity contribution in [2.75, 3.05) is 11.9 Å². The van der Waals surface area contributed by atoms with E-state index in [9.17, 15) is 4.79 Å². The third kappa shape index (κ3) is 3.34. The molecule has 2 N–H and O–H groups in total. The summed E-state index contributed by atoms with van der Waals surface area (Å²) in [6, 6.07) is 7.60. The molecule has 0 atom stereocenters. The molecule has 0 fully saturated rings. The van der Waals surface area contributed by atoms with Crippen molar-refractivity contribution in [3.8, 4) is 5.75 Å². The molecular formula is C14H17N3O2. The second kappa shape index (κ2) is 6.04. The fourth-order valence-corrected chi connectivity index (χ4v) is 1.72. The third-order valence-electron chi connectivity index (χ3n) is 2.82. The molecule has 0 aliphatic rings. The van der Waals surface area contributed by atoms with Gasteiger partial charge in [-0.2, -0.15) is 5.10 Å². The number of carbonyl (C=O) groups is 1. The van der Waals surface area contributed by atoms with Crippen LogP contribution in [-0.4, -0.2) is 22.7 Å². The van der Waals surface area contributed by atoms with Crippen LogP contribution in [0.3, 0.4) is 0 Å². The molecule has 0 radical (unpaired) electrons. The molecule has 1 amide bonds. The van der Waals surface area contributed by atoms with Crippen molar-refractivity contribution in [2.45, 2.75) is 20.3 Å². The van der Waals surface area contributed by atoms with Crippen LogP contribution < -0.4 is 10.1 Å². The Morgan fingerprint density at radius 2 is 2.21 bits per heavy atom. The van der Waals surface area contributed by atoms with Crippen LogP contribution in [0, 0.1) is 6.92 Å². The van der Waals surface area contributed by atoms with E-state index in [0.717, 1.165) is 23.3 Å². The number of aromatic amines is 1. The molecule has 0 aliphatic carbocycles. The predicted octanol–water partition coefficient (Wildman–Crippen LogP) is 2.30. The predicted molar refractivity (Wildman–Crippen MR) is 73.3 cm³/mol. The number of rotatable bonds is 5. The van der Waals surface area contributed by atoms with Crippen molar-refractivity contribution >= 4 is 11.7 Å². The van der Waals surface area contributed by atoms with Crippen LogP contribution in [0.5, 0.6) is 5.75 Å². The first-order chi connectivity index (χ1) is 9.20. The fraction of sp³-hybridized carbons (Fsp3) is 0.286. The van der Waals surface area contributed by atoms with Gasteiger partial charge in [0, 0.05) is 5.56 Å². The van der Waals surface area contributed by atoms with Gasteiger partial charge in [-0.25, -0.2) is 0 Å². The zero-order valence-electron chi connectivity index (χ0n) is 11.1. The molecule has 0 bridgehead atoms. The zero-order valence-corrected chi connectivity index (χ0v) is 11.1. The Hall–Kier alpha value is -2.30. The second-order valence-electron chi connectivity index (χ2n) is 4.23. The minimum atomic E-state index is -0.206. The number of hydrogen-bond acceptors (Lipinski definition) is 3. The van der Waals surface area contributed by atoms with Crippen LogP contribution in [0.25, 0.3) is 0 Å². The first kappa shape index (κ1) is 13.1. The van der Waals surface area contributed by atoms with Gasteiger partial charge in [0.15, 0.2) is 6.61 Å². The average molecular weight is 259 g/mol. The molecule has 1 aromatic heterocycles. The maximum atomic E-state index is 11.8. The first-order valence-electron chi connectivity index (χ1n) is 6.21. The van der Waals surface area contributed by atoms with Crippen molar-refractivity contribution in [3.05, 3.63) is 41.6 Å². The Kier molecular flexibility index (Phi) is 4.18. The Morgan fingerprint density at radius 1 is 1.42 bits per heavy atom. The lowest BCUT2D eigenvalue weighted by Crippen LogP contribution is -2.21. The Bertz CT molecular complexity index is 563. The molecule has 100 valence electrons. The molecule has 5 heteroatoms. The van der Waals surface area contributed by atoms with Crippen LogP contribution in [0.4, 0.5) is 5.82 Å². The lowest BCUT2D eigenvalue weighted by atomic mass is 10.2. The van der Waals surface area contributed by atoms with Crippen LogP contribution in [0.2, 0.25) is 0 Å². The normalized spacial score (nSPS) is 10.2. The van der Waals surface area contributed by atoms with E-state index in [0.29, 0.717) is 5.82 Å². The number of anilines is 1. The summed E-state index contributed by atoms with van der Waals surface area (Å²) in [5.74, 6) is 1.15.